The minimum absolute atomic E-state index is 0.632. The molecule has 2 N–H and O–H groups in total. The topological polar surface area (TPSA) is 59.2 Å². The minimum atomic E-state index is 0.632. The number of ether oxygens (including phenoxy) is 2. The monoisotopic (exact) mass is 275 g/mol. The maximum absolute atomic E-state index is 5.57. The molecule has 0 saturated carbocycles. The second-order valence-corrected chi connectivity index (χ2v) is 4.39. The van der Waals surface area contributed by atoms with E-state index in [1.807, 2.05) is 31.3 Å². The molecule has 5 nitrogen and oxygen atoms in total. The average Bonchev–Trinajstić information content (AvgIpc) is 2.97. The summed E-state index contributed by atoms with van der Waals surface area (Å²) in [6.07, 6.45) is 4.47. The van der Waals surface area contributed by atoms with E-state index in [4.69, 9.17) is 9.47 Å². The first kappa shape index (κ1) is 14.4. The molecule has 20 heavy (non-hydrogen) atoms. The van der Waals surface area contributed by atoms with Crippen molar-refractivity contribution in [1.82, 2.24) is 15.3 Å². The van der Waals surface area contributed by atoms with Crippen LogP contribution in [-0.4, -0.2) is 30.2 Å². The van der Waals surface area contributed by atoms with Gasteiger partial charge in [0.2, 0.25) is 0 Å². The Bertz CT molecular complexity index is 512. The van der Waals surface area contributed by atoms with Gasteiger partial charge in [0, 0.05) is 37.0 Å². The van der Waals surface area contributed by atoms with Crippen molar-refractivity contribution in [2.45, 2.75) is 19.9 Å². The molecular formula is C15H21N3O2. The van der Waals surface area contributed by atoms with Gasteiger partial charge in [0.1, 0.15) is 0 Å². The van der Waals surface area contributed by atoms with E-state index >= 15 is 0 Å². The molecule has 1 aromatic heterocycles. The van der Waals surface area contributed by atoms with Gasteiger partial charge in [-0.1, -0.05) is 12.1 Å². The van der Waals surface area contributed by atoms with Crippen LogP contribution < -0.4 is 14.8 Å². The number of para-hydroxylation sites is 1. The molecule has 0 atom stereocenters. The summed E-state index contributed by atoms with van der Waals surface area (Å²) in [4.78, 5) is 7.09. The van der Waals surface area contributed by atoms with Gasteiger partial charge in [0.15, 0.2) is 11.5 Å². The number of aromatic nitrogens is 2. The standard InChI is InChI=1S/C15H21N3O2/c1-3-20-14-6-4-5-12(15(14)19-2)9-16-8-7-13-10-17-11-18-13/h4-6,10-11,16H,3,7-9H2,1-2H3,(H,17,18). The number of rotatable bonds is 8. The van der Waals surface area contributed by atoms with Gasteiger partial charge in [-0.25, -0.2) is 4.98 Å². The lowest BCUT2D eigenvalue weighted by atomic mass is 10.2. The van der Waals surface area contributed by atoms with Crippen LogP contribution in [0, 0.1) is 0 Å². The molecule has 0 radical (unpaired) electrons. The molecule has 0 saturated heterocycles. The highest BCUT2D eigenvalue weighted by molar-refractivity contribution is 5.46. The van der Waals surface area contributed by atoms with Crippen LogP contribution >= 0.6 is 0 Å². The first-order chi connectivity index (χ1) is 9.85. The number of imidazole rings is 1. The van der Waals surface area contributed by atoms with Crippen LogP contribution in [0.2, 0.25) is 0 Å². The highest BCUT2D eigenvalue weighted by atomic mass is 16.5. The number of aromatic amines is 1. The zero-order valence-corrected chi connectivity index (χ0v) is 12.0. The number of hydrogen-bond acceptors (Lipinski definition) is 4. The second kappa shape index (κ2) is 7.55. The Hall–Kier alpha value is -2.01. The molecule has 0 aliphatic rings. The van der Waals surface area contributed by atoms with Crippen molar-refractivity contribution in [3.8, 4) is 11.5 Å². The van der Waals surface area contributed by atoms with Gasteiger partial charge in [-0.15, -0.1) is 0 Å². The van der Waals surface area contributed by atoms with Gasteiger partial charge in [-0.3, -0.25) is 0 Å². The summed E-state index contributed by atoms with van der Waals surface area (Å²) < 4.78 is 11.0. The maximum atomic E-state index is 5.57. The lowest BCUT2D eigenvalue weighted by Crippen LogP contribution is -2.17. The number of nitrogens with zero attached hydrogens (tertiary/aromatic N) is 1. The summed E-state index contributed by atoms with van der Waals surface area (Å²) in [5.74, 6) is 1.60. The number of nitrogens with one attached hydrogen (secondary N) is 2. The van der Waals surface area contributed by atoms with E-state index < -0.39 is 0 Å². The lowest BCUT2D eigenvalue weighted by molar-refractivity contribution is 0.308. The molecule has 2 aromatic rings. The van der Waals surface area contributed by atoms with E-state index in [1.165, 1.54) is 0 Å². The van der Waals surface area contributed by atoms with E-state index in [0.717, 1.165) is 42.3 Å². The van der Waals surface area contributed by atoms with Crippen LogP contribution in [0.3, 0.4) is 0 Å². The van der Waals surface area contributed by atoms with Crippen LogP contribution in [0.25, 0.3) is 0 Å². The third-order valence-electron chi connectivity index (χ3n) is 3.01. The fourth-order valence-electron chi connectivity index (χ4n) is 2.07. The zero-order valence-electron chi connectivity index (χ0n) is 12.0. The summed E-state index contributed by atoms with van der Waals surface area (Å²) in [5, 5.41) is 3.40. The first-order valence-electron chi connectivity index (χ1n) is 6.81. The minimum Gasteiger partial charge on any atom is -0.493 e. The van der Waals surface area contributed by atoms with Crippen LogP contribution in [-0.2, 0) is 13.0 Å². The number of benzene rings is 1. The van der Waals surface area contributed by atoms with E-state index in [0.29, 0.717) is 6.61 Å². The zero-order chi connectivity index (χ0) is 14.2. The van der Waals surface area contributed by atoms with Gasteiger partial charge in [0.05, 0.1) is 20.0 Å². The SMILES string of the molecule is CCOc1cccc(CNCCc2cnc[nH]2)c1OC. The predicted octanol–water partition coefficient (Wildman–Crippen LogP) is 2.15. The Kier molecular flexibility index (Phi) is 5.43. The van der Waals surface area contributed by atoms with Crippen molar-refractivity contribution >= 4 is 0 Å². The Morgan fingerprint density at radius 2 is 2.25 bits per heavy atom. The number of hydrogen-bond donors (Lipinski definition) is 2. The molecule has 1 aromatic carbocycles. The summed E-state index contributed by atoms with van der Waals surface area (Å²) >= 11 is 0. The van der Waals surface area contributed by atoms with Gasteiger partial charge in [0.25, 0.3) is 0 Å². The van der Waals surface area contributed by atoms with Crippen molar-refractivity contribution in [1.29, 1.82) is 0 Å². The molecule has 0 unspecified atom stereocenters. The molecule has 0 spiro atoms. The van der Waals surface area contributed by atoms with Crippen LogP contribution in [0.15, 0.2) is 30.7 Å². The highest BCUT2D eigenvalue weighted by Crippen LogP contribution is 2.30. The third-order valence-corrected chi connectivity index (χ3v) is 3.01. The molecular weight excluding hydrogens is 254 g/mol. The molecule has 1 heterocycles. The summed E-state index contributed by atoms with van der Waals surface area (Å²) in [6.45, 7) is 4.23. The maximum Gasteiger partial charge on any atom is 0.165 e. The van der Waals surface area contributed by atoms with Crippen LogP contribution in [0.1, 0.15) is 18.2 Å². The smallest absolute Gasteiger partial charge is 0.165 e. The molecule has 0 fully saturated rings. The lowest BCUT2D eigenvalue weighted by Gasteiger charge is -2.14. The predicted molar refractivity (Wildman–Crippen MR) is 78.2 cm³/mol. The van der Waals surface area contributed by atoms with E-state index in [2.05, 4.69) is 15.3 Å². The number of H-pyrrole nitrogens is 1. The average molecular weight is 275 g/mol. The summed E-state index contributed by atoms with van der Waals surface area (Å²) in [5.41, 5.74) is 2.23. The Labute approximate surface area is 119 Å². The second-order valence-electron chi connectivity index (χ2n) is 4.39. The van der Waals surface area contributed by atoms with E-state index in [-0.39, 0.29) is 0 Å². The summed E-state index contributed by atoms with van der Waals surface area (Å²) in [6, 6.07) is 5.96. The third kappa shape index (κ3) is 3.74. The van der Waals surface area contributed by atoms with Gasteiger partial charge in [-0.2, -0.15) is 0 Å². The van der Waals surface area contributed by atoms with Crippen molar-refractivity contribution < 1.29 is 9.47 Å². The van der Waals surface area contributed by atoms with Crippen molar-refractivity contribution in [2.24, 2.45) is 0 Å². The van der Waals surface area contributed by atoms with Gasteiger partial charge < -0.3 is 19.8 Å². The largest absolute Gasteiger partial charge is 0.493 e. The molecule has 0 amide bonds. The fourth-order valence-corrected chi connectivity index (χ4v) is 2.07. The Morgan fingerprint density at radius 3 is 2.95 bits per heavy atom. The Morgan fingerprint density at radius 1 is 1.35 bits per heavy atom. The van der Waals surface area contributed by atoms with Crippen molar-refractivity contribution in [3.05, 3.63) is 42.0 Å². The normalized spacial score (nSPS) is 10.5. The molecule has 0 aliphatic carbocycles. The Balaban J connectivity index is 1.90. The quantitative estimate of drug-likeness (QED) is 0.725. The van der Waals surface area contributed by atoms with Crippen LogP contribution in [0.4, 0.5) is 0 Å². The fraction of sp³-hybridized carbons (Fsp3) is 0.400. The molecule has 0 bridgehead atoms. The van der Waals surface area contributed by atoms with Gasteiger partial charge >= 0.3 is 0 Å². The van der Waals surface area contributed by atoms with E-state index in [1.54, 1.807) is 13.4 Å². The highest BCUT2D eigenvalue weighted by Gasteiger charge is 2.09. The molecule has 108 valence electrons. The van der Waals surface area contributed by atoms with Gasteiger partial charge in [-0.05, 0) is 13.0 Å². The molecule has 2 rings (SSSR count). The molecule has 0 aliphatic heterocycles. The number of methoxy groups -OCH3 is 1. The first-order valence-corrected chi connectivity index (χ1v) is 6.81. The van der Waals surface area contributed by atoms with Crippen LogP contribution in [0.5, 0.6) is 11.5 Å². The molecule has 5 heteroatoms. The summed E-state index contributed by atoms with van der Waals surface area (Å²) in [7, 11) is 1.67. The van der Waals surface area contributed by atoms with E-state index in [9.17, 15) is 0 Å². The van der Waals surface area contributed by atoms with Crippen molar-refractivity contribution in [2.75, 3.05) is 20.3 Å². The van der Waals surface area contributed by atoms with Crippen molar-refractivity contribution in [3.63, 3.8) is 0 Å².